The van der Waals surface area contributed by atoms with Crippen molar-refractivity contribution in [1.29, 1.82) is 0 Å². The van der Waals surface area contributed by atoms with Gasteiger partial charge in [0, 0.05) is 22.5 Å². The summed E-state index contributed by atoms with van der Waals surface area (Å²) in [5.74, 6) is 2.19. The highest BCUT2D eigenvalue weighted by atomic mass is 35.5. The summed E-state index contributed by atoms with van der Waals surface area (Å²) < 4.78 is 12.9. The van der Waals surface area contributed by atoms with E-state index in [1.54, 1.807) is 14.2 Å². The summed E-state index contributed by atoms with van der Waals surface area (Å²) in [7, 11) is 3.25. The summed E-state index contributed by atoms with van der Waals surface area (Å²) in [6, 6.07) is 17.4. The lowest BCUT2D eigenvalue weighted by molar-refractivity contribution is 0.355. The second-order valence-corrected chi connectivity index (χ2v) is 6.89. The Morgan fingerprint density at radius 3 is 2.54 bits per heavy atom. The Hall–Kier alpha value is -3.18. The molecule has 2 heterocycles. The molecule has 0 amide bonds. The van der Waals surface area contributed by atoms with Crippen molar-refractivity contribution in [2.45, 2.75) is 6.92 Å². The molecule has 0 atom stereocenters. The monoisotopic (exact) mass is 393 g/mol. The molecule has 142 valence electrons. The molecule has 0 aliphatic heterocycles. The Morgan fingerprint density at radius 1 is 0.964 bits per heavy atom. The molecule has 6 heteroatoms. The van der Waals surface area contributed by atoms with Crippen LogP contribution in [0.4, 0.5) is 11.5 Å². The molecule has 0 aliphatic carbocycles. The summed E-state index contributed by atoms with van der Waals surface area (Å²) in [5, 5.41) is 4.14. The number of fused-ring (bicyclic) bond motifs is 1. The predicted molar refractivity (Wildman–Crippen MR) is 113 cm³/mol. The summed E-state index contributed by atoms with van der Waals surface area (Å²) in [5.41, 5.74) is 4.60. The number of nitrogens with one attached hydrogen (secondary N) is 1. The van der Waals surface area contributed by atoms with Crippen LogP contribution in [0.2, 0.25) is 5.02 Å². The zero-order valence-corrected chi connectivity index (χ0v) is 16.6. The highest BCUT2D eigenvalue weighted by molar-refractivity contribution is 6.30. The number of halogens is 1. The van der Waals surface area contributed by atoms with Gasteiger partial charge in [-0.15, -0.1) is 0 Å². The molecule has 2 aromatic heterocycles. The maximum Gasteiger partial charge on any atom is 0.161 e. The second kappa shape index (κ2) is 7.44. The van der Waals surface area contributed by atoms with Crippen molar-refractivity contribution in [2.75, 3.05) is 19.5 Å². The molecule has 0 spiro atoms. The van der Waals surface area contributed by atoms with Crippen LogP contribution in [0.25, 0.3) is 16.9 Å². The minimum absolute atomic E-state index is 0.655. The van der Waals surface area contributed by atoms with Gasteiger partial charge in [0.1, 0.15) is 17.2 Å². The maximum atomic E-state index is 6.17. The normalized spacial score (nSPS) is 10.9. The van der Waals surface area contributed by atoms with Crippen LogP contribution in [0.3, 0.4) is 0 Å². The third kappa shape index (κ3) is 3.37. The molecule has 0 saturated carbocycles. The van der Waals surface area contributed by atoms with Gasteiger partial charge in [0.25, 0.3) is 0 Å². The molecule has 5 nitrogen and oxygen atoms in total. The van der Waals surface area contributed by atoms with Crippen LogP contribution in [0, 0.1) is 6.92 Å². The molecule has 4 rings (SSSR count). The Labute approximate surface area is 168 Å². The van der Waals surface area contributed by atoms with Gasteiger partial charge in [0.05, 0.1) is 14.2 Å². The van der Waals surface area contributed by atoms with Crippen LogP contribution < -0.4 is 14.8 Å². The van der Waals surface area contributed by atoms with E-state index in [-0.39, 0.29) is 0 Å². The van der Waals surface area contributed by atoms with Gasteiger partial charge in [0.15, 0.2) is 11.5 Å². The molecule has 0 fully saturated rings. The van der Waals surface area contributed by atoms with Crippen LogP contribution >= 0.6 is 11.6 Å². The van der Waals surface area contributed by atoms with E-state index in [2.05, 4.69) is 18.4 Å². The van der Waals surface area contributed by atoms with Crippen molar-refractivity contribution < 1.29 is 9.47 Å². The second-order valence-electron chi connectivity index (χ2n) is 6.45. The Bertz CT molecular complexity index is 1150. The number of ether oxygens (including phenoxy) is 2. The minimum Gasteiger partial charge on any atom is -0.493 e. The van der Waals surface area contributed by atoms with Crippen LogP contribution in [-0.2, 0) is 0 Å². The molecule has 0 radical (unpaired) electrons. The van der Waals surface area contributed by atoms with Gasteiger partial charge in [-0.25, -0.2) is 4.98 Å². The summed E-state index contributed by atoms with van der Waals surface area (Å²) in [4.78, 5) is 4.84. The zero-order valence-electron chi connectivity index (χ0n) is 15.9. The molecule has 0 saturated heterocycles. The van der Waals surface area contributed by atoms with E-state index >= 15 is 0 Å². The summed E-state index contributed by atoms with van der Waals surface area (Å²) in [6.07, 6.45) is 2.06. The Balaban J connectivity index is 1.90. The van der Waals surface area contributed by atoms with Gasteiger partial charge in [-0.2, -0.15) is 0 Å². The summed E-state index contributed by atoms with van der Waals surface area (Å²) >= 11 is 6.17. The van der Waals surface area contributed by atoms with Gasteiger partial charge in [-0.3, -0.25) is 4.40 Å². The Kier molecular flexibility index (Phi) is 4.84. The fourth-order valence-electron chi connectivity index (χ4n) is 3.16. The number of imidazole rings is 1. The van der Waals surface area contributed by atoms with E-state index in [0.717, 1.165) is 34.0 Å². The molecule has 1 N–H and O–H groups in total. The van der Waals surface area contributed by atoms with E-state index in [0.29, 0.717) is 16.5 Å². The van der Waals surface area contributed by atoms with Crippen molar-refractivity contribution in [3.8, 4) is 22.8 Å². The number of pyridine rings is 1. The standard InChI is InChI=1S/C22H20ClN3O2/c1-14-7-10-20-25-21(15-8-9-18(27-2)19(11-15)28-3)22(26(20)13-14)24-17-6-4-5-16(23)12-17/h4-13,24H,1-3H3. The predicted octanol–water partition coefficient (Wildman–Crippen LogP) is 5.72. The molecule has 28 heavy (non-hydrogen) atoms. The number of hydrogen-bond donors (Lipinski definition) is 1. The van der Waals surface area contributed by atoms with E-state index in [9.17, 15) is 0 Å². The van der Waals surface area contributed by atoms with Gasteiger partial charge >= 0.3 is 0 Å². The number of anilines is 2. The highest BCUT2D eigenvalue weighted by Gasteiger charge is 2.17. The van der Waals surface area contributed by atoms with E-state index in [4.69, 9.17) is 26.1 Å². The van der Waals surface area contributed by atoms with Crippen molar-refractivity contribution in [2.24, 2.45) is 0 Å². The third-order valence-corrected chi connectivity index (χ3v) is 4.75. The van der Waals surface area contributed by atoms with Gasteiger partial charge in [-0.1, -0.05) is 23.7 Å². The first-order chi connectivity index (χ1) is 13.6. The first-order valence-corrected chi connectivity index (χ1v) is 9.20. The molecular formula is C22H20ClN3O2. The topological polar surface area (TPSA) is 47.8 Å². The highest BCUT2D eigenvalue weighted by Crippen LogP contribution is 2.36. The molecular weight excluding hydrogens is 374 g/mol. The number of methoxy groups -OCH3 is 2. The average Bonchev–Trinajstić information content (AvgIpc) is 3.05. The molecule has 0 unspecified atom stereocenters. The van der Waals surface area contributed by atoms with Crippen molar-refractivity contribution in [3.63, 3.8) is 0 Å². The SMILES string of the molecule is COc1ccc(-c2nc3ccc(C)cn3c2Nc2cccc(Cl)c2)cc1OC. The van der Waals surface area contributed by atoms with Crippen molar-refractivity contribution in [1.82, 2.24) is 9.38 Å². The lowest BCUT2D eigenvalue weighted by Crippen LogP contribution is -1.98. The average molecular weight is 394 g/mol. The largest absolute Gasteiger partial charge is 0.493 e. The lowest BCUT2D eigenvalue weighted by atomic mass is 10.1. The Morgan fingerprint density at radius 2 is 1.79 bits per heavy atom. The van der Waals surface area contributed by atoms with E-state index < -0.39 is 0 Å². The molecule has 0 bridgehead atoms. The quantitative estimate of drug-likeness (QED) is 0.470. The first-order valence-electron chi connectivity index (χ1n) is 8.83. The number of aryl methyl sites for hydroxylation is 1. The number of hydrogen-bond acceptors (Lipinski definition) is 4. The molecule has 2 aromatic carbocycles. The number of nitrogens with zero attached hydrogens (tertiary/aromatic N) is 2. The van der Waals surface area contributed by atoms with Gasteiger partial charge < -0.3 is 14.8 Å². The maximum absolute atomic E-state index is 6.17. The van der Waals surface area contributed by atoms with Crippen molar-refractivity contribution >= 4 is 28.8 Å². The van der Waals surface area contributed by atoms with E-state index in [1.165, 1.54) is 0 Å². The number of aromatic nitrogens is 2. The smallest absolute Gasteiger partial charge is 0.161 e. The zero-order chi connectivity index (χ0) is 19.7. The first kappa shape index (κ1) is 18.2. The van der Waals surface area contributed by atoms with Crippen LogP contribution in [-0.4, -0.2) is 23.6 Å². The van der Waals surface area contributed by atoms with Crippen LogP contribution in [0.1, 0.15) is 5.56 Å². The third-order valence-electron chi connectivity index (χ3n) is 4.51. The minimum atomic E-state index is 0.655. The fourth-order valence-corrected chi connectivity index (χ4v) is 3.35. The van der Waals surface area contributed by atoms with Crippen LogP contribution in [0.15, 0.2) is 60.8 Å². The van der Waals surface area contributed by atoms with Gasteiger partial charge in [0.2, 0.25) is 0 Å². The molecule has 4 aromatic rings. The number of rotatable bonds is 5. The van der Waals surface area contributed by atoms with Gasteiger partial charge in [-0.05, 0) is 55.0 Å². The van der Waals surface area contributed by atoms with Crippen LogP contribution in [0.5, 0.6) is 11.5 Å². The summed E-state index contributed by atoms with van der Waals surface area (Å²) in [6.45, 7) is 2.05. The molecule has 0 aliphatic rings. The number of benzene rings is 2. The van der Waals surface area contributed by atoms with Crippen molar-refractivity contribution in [3.05, 3.63) is 71.4 Å². The van der Waals surface area contributed by atoms with E-state index in [1.807, 2.05) is 59.0 Å². The lowest BCUT2D eigenvalue weighted by Gasteiger charge is -2.12. The fraction of sp³-hybridized carbons (Fsp3) is 0.136.